The standard InChI is InChI=1S/C8H15NO/c1-6-7(2)10-9-5-3-4-8(6)9/h6-8H,3-5H2,1-2H3/t6-,7-,8+/m0/s1. The van der Waals surface area contributed by atoms with Crippen molar-refractivity contribution in [1.82, 2.24) is 5.06 Å². The summed E-state index contributed by atoms with van der Waals surface area (Å²) in [5.41, 5.74) is 0. The van der Waals surface area contributed by atoms with Gasteiger partial charge in [-0.2, -0.15) is 5.06 Å². The first-order valence-corrected chi connectivity index (χ1v) is 4.22. The molecule has 0 saturated carbocycles. The normalized spacial score (nSPS) is 48.0. The molecule has 58 valence electrons. The molecule has 0 aliphatic carbocycles. The minimum atomic E-state index is 0.449. The third kappa shape index (κ3) is 0.789. The Morgan fingerprint density at radius 1 is 1.40 bits per heavy atom. The fourth-order valence-electron chi connectivity index (χ4n) is 2.04. The number of hydrogen-bond donors (Lipinski definition) is 0. The first kappa shape index (κ1) is 6.62. The first-order chi connectivity index (χ1) is 4.79. The maximum absolute atomic E-state index is 5.63. The van der Waals surface area contributed by atoms with E-state index in [9.17, 15) is 0 Å². The van der Waals surface area contributed by atoms with Gasteiger partial charge in [0.2, 0.25) is 0 Å². The van der Waals surface area contributed by atoms with E-state index < -0.39 is 0 Å². The van der Waals surface area contributed by atoms with Crippen LogP contribution in [0.1, 0.15) is 26.7 Å². The van der Waals surface area contributed by atoms with Gasteiger partial charge in [-0.05, 0) is 19.8 Å². The lowest BCUT2D eigenvalue weighted by atomic mass is 9.97. The molecule has 2 aliphatic heterocycles. The molecule has 10 heavy (non-hydrogen) atoms. The van der Waals surface area contributed by atoms with Gasteiger partial charge in [0.05, 0.1) is 6.10 Å². The SMILES string of the molecule is C[C@H]1[C@H](C)ON2CCC[C@H]12. The number of rotatable bonds is 0. The summed E-state index contributed by atoms with van der Waals surface area (Å²) in [5.74, 6) is 0.738. The predicted octanol–water partition coefficient (Wildman–Crippen LogP) is 1.42. The van der Waals surface area contributed by atoms with Crippen LogP contribution in [0.25, 0.3) is 0 Å². The Kier molecular flexibility index (Phi) is 1.46. The lowest BCUT2D eigenvalue weighted by Crippen LogP contribution is -2.23. The smallest absolute Gasteiger partial charge is 0.0806 e. The van der Waals surface area contributed by atoms with Gasteiger partial charge in [-0.1, -0.05) is 6.92 Å². The van der Waals surface area contributed by atoms with Crippen LogP contribution in [-0.4, -0.2) is 23.8 Å². The highest BCUT2D eigenvalue weighted by Crippen LogP contribution is 2.34. The van der Waals surface area contributed by atoms with E-state index in [-0.39, 0.29) is 0 Å². The van der Waals surface area contributed by atoms with Gasteiger partial charge in [0.15, 0.2) is 0 Å². The van der Waals surface area contributed by atoms with E-state index in [1.54, 1.807) is 0 Å². The van der Waals surface area contributed by atoms with Gasteiger partial charge >= 0.3 is 0 Å². The topological polar surface area (TPSA) is 12.5 Å². The van der Waals surface area contributed by atoms with Crippen LogP contribution in [-0.2, 0) is 4.84 Å². The average Bonchev–Trinajstić information content (AvgIpc) is 2.41. The summed E-state index contributed by atoms with van der Waals surface area (Å²) in [6.07, 6.45) is 3.11. The molecule has 2 rings (SSSR count). The van der Waals surface area contributed by atoms with Gasteiger partial charge in [-0.3, -0.25) is 4.84 Å². The van der Waals surface area contributed by atoms with Crippen LogP contribution in [0.4, 0.5) is 0 Å². The van der Waals surface area contributed by atoms with Crippen LogP contribution in [0.5, 0.6) is 0 Å². The summed E-state index contributed by atoms with van der Waals surface area (Å²) in [7, 11) is 0. The lowest BCUT2D eigenvalue weighted by Gasteiger charge is -2.12. The summed E-state index contributed by atoms with van der Waals surface area (Å²) in [6.45, 7) is 5.61. The maximum atomic E-state index is 5.63. The van der Waals surface area contributed by atoms with E-state index in [0.717, 1.165) is 18.5 Å². The zero-order chi connectivity index (χ0) is 7.14. The lowest BCUT2D eigenvalue weighted by molar-refractivity contribution is -0.142. The van der Waals surface area contributed by atoms with Gasteiger partial charge in [-0.25, -0.2) is 0 Å². The molecule has 3 atom stereocenters. The third-order valence-electron chi connectivity index (χ3n) is 2.90. The van der Waals surface area contributed by atoms with Crippen LogP contribution < -0.4 is 0 Å². The van der Waals surface area contributed by atoms with Crippen molar-refractivity contribution in [2.45, 2.75) is 38.8 Å². The Labute approximate surface area is 62.1 Å². The van der Waals surface area contributed by atoms with Crippen molar-refractivity contribution in [2.24, 2.45) is 5.92 Å². The van der Waals surface area contributed by atoms with E-state index in [2.05, 4.69) is 18.9 Å². The molecule has 0 bridgehead atoms. The molecule has 0 aromatic rings. The Morgan fingerprint density at radius 3 is 2.90 bits per heavy atom. The summed E-state index contributed by atoms with van der Waals surface area (Å²) < 4.78 is 0. The fourth-order valence-corrected chi connectivity index (χ4v) is 2.04. The fraction of sp³-hybridized carbons (Fsp3) is 1.00. The second kappa shape index (κ2) is 2.21. The Balaban J connectivity index is 2.09. The molecule has 2 aliphatic rings. The van der Waals surface area contributed by atoms with Crippen LogP contribution >= 0.6 is 0 Å². The molecule has 0 aromatic heterocycles. The van der Waals surface area contributed by atoms with Crippen LogP contribution in [0, 0.1) is 5.92 Å². The van der Waals surface area contributed by atoms with Gasteiger partial charge in [-0.15, -0.1) is 0 Å². The Hall–Kier alpha value is -0.0800. The van der Waals surface area contributed by atoms with Gasteiger partial charge in [0, 0.05) is 18.5 Å². The van der Waals surface area contributed by atoms with Gasteiger partial charge in [0.1, 0.15) is 0 Å². The molecule has 2 saturated heterocycles. The molecule has 2 heterocycles. The van der Waals surface area contributed by atoms with Crippen molar-refractivity contribution in [2.75, 3.05) is 6.54 Å². The molecular formula is C8H15NO. The summed E-state index contributed by atoms with van der Waals surface area (Å²) in [5, 5.41) is 2.18. The summed E-state index contributed by atoms with van der Waals surface area (Å²) in [4.78, 5) is 5.63. The van der Waals surface area contributed by atoms with Gasteiger partial charge in [0.25, 0.3) is 0 Å². The van der Waals surface area contributed by atoms with Crippen molar-refractivity contribution in [1.29, 1.82) is 0 Å². The second-order valence-corrected chi connectivity index (χ2v) is 3.52. The minimum Gasteiger partial charge on any atom is -0.295 e. The van der Waals surface area contributed by atoms with Crippen LogP contribution in [0.15, 0.2) is 0 Å². The summed E-state index contributed by atoms with van der Waals surface area (Å²) >= 11 is 0. The summed E-state index contributed by atoms with van der Waals surface area (Å²) in [6, 6.07) is 0.731. The van der Waals surface area contributed by atoms with E-state index in [1.165, 1.54) is 12.8 Å². The van der Waals surface area contributed by atoms with Crippen molar-refractivity contribution in [3.05, 3.63) is 0 Å². The molecule has 2 fully saturated rings. The van der Waals surface area contributed by atoms with E-state index in [0.29, 0.717) is 6.10 Å². The molecule has 0 aromatic carbocycles. The molecule has 2 heteroatoms. The Morgan fingerprint density at radius 2 is 2.20 bits per heavy atom. The minimum absolute atomic E-state index is 0.449. The largest absolute Gasteiger partial charge is 0.295 e. The number of nitrogens with zero attached hydrogens (tertiary/aromatic N) is 1. The van der Waals surface area contributed by atoms with E-state index in [4.69, 9.17) is 4.84 Å². The highest BCUT2D eigenvalue weighted by atomic mass is 16.7. The molecule has 0 spiro atoms. The monoisotopic (exact) mass is 141 g/mol. The third-order valence-corrected chi connectivity index (χ3v) is 2.90. The van der Waals surface area contributed by atoms with Crippen LogP contribution in [0.3, 0.4) is 0 Å². The highest BCUT2D eigenvalue weighted by Gasteiger charge is 2.40. The molecular weight excluding hydrogens is 126 g/mol. The first-order valence-electron chi connectivity index (χ1n) is 4.22. The van der Waals surface area contributed by atoms with E-state index in [1.807, 2.05) is 0 Å². The number of hydroxylamine groups is 2. The van der Waals surface area contributed by atoms with Crippen molar-refractivity contribution < 1.29 is 4.84 Å². The van der Waals surface area contributed by atoms with Crippen LogP contribution in [0.2, 0.25) is 0 Å². The van der Waals surface area contributed by atoms with Crippen molar-refractivity contribution in [3.8, 4) is 0 Å². The zero-order valence-corrected chi connectivity index (χ0v) is 6.71. The molecule has 2 nitrogen and oxygen atoms in total. The quantitative estimate of drug-likeness (QED) is 0.506. The van der Waals surface area contributed by atoms with Crippen molar-refractivity contribution in [3.63, 3.8) is 0 Å². The Bertz CT molecular complexity index is 135. The van der Waals surface area contributed by atoms with E-state index >= 15 is 0 Å². The zero-order valence-electron chi connectivity index (χ0n) is 6.71. The second-order valence-electron chi connectivity index (χ2n) is 3.52. The predicted molar refractivity (Wildman–Crippen MR) is 39.4 cm³/mol. The molecule has 0 amide bonds. The molecule has 0 unspecified atom stereocenters. The highest BCUT2D eigenvalue weighted by molar-refractivity contribution is 4.86. The molecule has 0 N–H and O–H groups in total. The molecule has 0 radical (unpaired) electrons. The average molecular weight is 141 g/mol. The number of fused-ring (bicyclic) bond motifs is 1. The van der Waals surface area contributed by atoms with Gasteiger partial charge < -0.3 is 0 Å². The maximum Gasteiger partial charge on any atom is 0.0806 e. The number of hydrogen-bond acceptors (Lipinski definition) is 2. The van der Waals surface area contributed by atoms with Crippen molar-refractivity contribution >= 4 is 0 Å².